The summed E-state index contributed by atoms with van der Waals surface area (Å²) in [4.78, 5) is 21.9. The smallest absolute Gasteiger partial charge is 0.253 e. The molecule has 0 spiro atoms. The summed E-state index contributed by atoms with van der Waals surface area (Å²) < 4.78 is 43.2. The van der Waals surface area contributed by atoms with Gasteiger partial charge in [-0.05, 0) is 63.5 Å². The fraction of sp³-hybridized carbons (Fsp3) is 0.455. The van der Waals surface area contributed by atoms with Gasteiger partial charge in [-0.2, -0.15) is 4.31 Å². The zero-order valence-corrected chi connectivity index (χ0v) is 21.1. The van der Waals surface area contributed by atoms with Crippen LogP contribution in [0.3, 0.4) is 0 Å². The van der Waals surface area contributed by atoms with Crippen molar-refractivity contribution in [1.29, 1.82) is 0 Å². The molecule has 1 fully saturated rings. The Kier molecular flexibility index (Phi) is 7.44. The number of carbonyl (C=O) groups excluding carboxylic acids is 1. The van der Waals surface area contributed by atoms with Gasteiger partial charge in [0.1, 0.15) is 21.6 Å². The molecule has 0 N–H and O–H groups in total. The molecule has 7 nitrogen and oxygen atoms in total. The van der Waals surface area contributed by atoms with E-state index in [1.54, 1.807) is 34.5 Å². The zero-order chi connectivity index (χ0) is 23.6. The molecule has 3 heterocycles. The van der Waals surface area contributed by atoms with E-state index in [2.05, 4.69) is 4.98 Å². The van der Waals surface area contributed by atoms with E-state index >= 15 is 0 Å². The van der Waals surface area contributed by atoms with E-state index in [9.17, 15) is 17.6 Å². The number of thiazole rings is 1. The molecule has 1 aliphatic heterocycles. The van der Waals surface area contributed by atoms with Crippen LogP contribution in [0.4, 0.5) is 9.52 Å². The molecule has 0 radical (unpaired) electrons. The van der Waals surface area contributed by atoms with Gasteiger partial charge in [-0.1, -0.05) is 29.9 Å². The van der Waals surface area contributed by atoms with E-state index in [1.165, 1.54) is 21.7 Å². The van der Waals surface area contributed by atoms with Gasteiger partial charge in [-0.15, -0.1) is 11.3 Å². The Hall–Kier alpha value is -1.92. The lowest BCUT2D eigenvalue weighted by molar-refractivity contribution is -0.123. The van der Waals surface area contributed by atoms with E-state index in [0.29, 0.717) is 42.2 Å². The van der Waals surface area contributed by atoms with Gasteiger partial charge in [-0.25, -0.2) is 17.8 Å². The Labute approximate surface area is 201 Å². The summed E-state index contributed by atoms with van der Waals surface area (Å²) >= 11 is 2.40. The average molecular weight is 511 g/mol. The maximum atomic E-state index is 14.3. The number of para-hydroxylation sites is 1. The van der Waals surface area contributed by atoms with Crippen LogP contribution >= 0.6 is 22.7 Å². The monoisotopic (exact) mass is 510 g/mol. The van der Waals surface area contributed by atoms with Crippen LogP contribution in [0.2, 0.25) is 0 Å². The molecule has 33 heavy (non-hydrogen) atoms. The van der Waals surface area contributed by atoms with E-state index in [0.717, 1.165) is 24.3 Å². The average Bonchev–Trinajstić information content (AvgIpc) is 3.47. The molecule has 178 valence electrons. The number of halogens is 1. The van der Waals surface area contributed by atoms with E-state index in [4.69, 9.17) is 0 Å². The molecule has 11 heteroatoms. The molecule has 1 saturated heterocycles. The van der Waals surface area contributed by atoms with E-state index in [-0.39, 0.29) is 15.6 Å². The summed E-state index contributed by atoms with van der Waals surface area (Å²) in [5.74, 6) is -0.733. The number of amides is 1. The Morgan fingerprint density at radius 1 is 1.21 bits per heavy atom. The molecule has 1 aliphatic rings. The number of piperidine rings is 1. The van der Waals surface area contributed by atoms with Gasteiger partial charge < -0.3 is 4.90 Å². The van der Waals surface area contributed by atoms with Crippen molar-refractivity contribution in [2.24, 2.45) is 0 Å². The van der Waals surface area contributed by atoms with Crippen molar-refractivity contribution in [2.45, 2.75) is 35.9 Å². The third-order valence-electron chi connectivity index (χ3n) is 5.64. The van der Waals surface area contributed by atoms with Crippen LogP contribution < -0.4 is 4.90 Å². The van der Waals surface area contributed by atoms with Crippen molar-refractivity contribution in [1.82, 2.24) is 14.2 Å². The van der Waals surface area contributed by atoms with Crippen molar-refractivity contribution >= 4 is 54.0 Å². The molecular formula is C22H27FN4O3S3. The van der Waals surface area contributed by atoms with E-state index < -0.39 is 21.9 Å². The second kappa shape index (κ2) is 10.1. The van der Waals surface area contributed by atoms with Gasteiger partial charge in [-0.3, -0.25) is 9.69 Å². The summed E-state index contributed by atoms with van der Waals surface area (Å²) in [6.45, 7) is 1.43. The minimum absolute atomic E-state index is 0.231. The highest BCUT2D eigenvalue weighted by molar-refractivity contribution is 7.91. The number of sulfonamides is 1. The number of anilines is 1. The molecule has 1 aromatic carbocycles. The zero-order valence-electron chi connectivity index (χ0n) is 18.6. The highest BCUT2D eigenvalue weighted by Gasteiger charge is 2.40. The van der Waals surface area contributed by atoms with Gasteiger partial charge in [0, 0.05) is 13.1 Å². The first-order valence-corrected chi connectivity index (χ1v) is 14.0. The highest BCUT2D eigenvalue weighted by atomic mass is 32.2. The SMILES string of the molecule is CN(C)CCCN(C(=O)C1CCCCN1S(=O)(=O)c1cccs1)c1nc2c(F)cccc2s1. The summed E-state index contributed by atoms with van der Waals surface area (Å²) in [6.07, 6.45) is 2.61. The van der Waals surface area contributed by atoms with Crippen LogP contribution in [-0.4, -0.2) is 68.3 Å². The number of hydrogen-bond acceptors (Lipinski definition) is 7. The largest absolute Gasteiger partial charge is 0.309 e. The first-order chi connectivity index (χ1) is 15.8. The Bertz CT molecular complexity index is 1210. The molecule has 2 aromatic heterocycles. The summed E-state index contributed by atoms with van der Waals surface area (Å²) in [5.41, 5.74) is 0.231. The van der Waals surface area contributed by atoms with Gasteiger partial charge in [0.25, 0.3) is 10.0 Å². The molecule has 1 amide bonds. The molecule has 1 atom stereocenters. The fourth-order valence-corrected chi connectivity index (χ4v) is 7.79. The van der Waals surface area contributed by atoms with Gasteiger partial charge >= 0.3 is 0 Å². The van der Waals surface area contributed by atoms with Crippen LogP contribution in [-0.2, 0) is 14.8 Å². The van der Waals surface area contributed by atoms with Crippen molar-refractivity contribution in [3.63, 3.8) is 0 Å². The molecule has 3 aromatic rings. The number of rotatable bonds is 8. The predicted molar refractivity (Wildman–Crippen MR) is 131 cm³/mol. The first-order valence-electron chi connectivity index (χ1n) is 10.9. The minimum atomic E-state index is -3.77. The lowest BCUT2D eigenvalue weighted by atomic mass is 10.0. The Morgan fingerprint density at radius 3 is 2.73 bits per heavy atom. The number of carbonyl (C=O) groups is 1. The number of benzene rings is 1. The normalized spacial score (nSPS) is 17.6. The predicted octanol–water partition coefficient (Wildman–Crippen LogP) is 4.03. The number of thiophene rings is 1. The van der Waals surface area contributed by atoms with Crippen LogP contribution in [0.15, 0.2) is 39.9 Å². The van der Waals surface area contributed by atoms with Gasteiger partial charge in [0.15, 0.2) is 5.13 Å². The van der Waals surface area contributed by atoms with E-state index in [1.807, 2.05) is 19.0 Å². The number of nitrogens with zero attached hydrogens (tertiary/aromatic N) is 4. The maximum absolute atomic E-state index is 14.3. The van der Waals surface area contributed by atoms with Gasteiger partial charge in [0.2, 0.25) is 5.91 Å². The topological polar surface area (TPSA) is 73.8 Å². The number of fused-ring (bicyclic) bond motifs is 1. The molecule has 0 aliphatic carbocycles. The highest BCUT2D eigenvalue weighted by Crippen LogP contribution is 2.33. The van der Waals surface area contributed by atoms with Crippen molar-refractivity contribution < 1.29 is 17.6 Å². The lowest BCUT2D eigenvalue weighted by Crippen LogP contribution is -2.53. The summed E-state index contributed by atoms with van der Waals surface area (Å²) in [5, 5.41) is 2.12. The third kappa shape index (κ3) is 5.12. The Morgan fingerprint density at radius 2 is 2.03 bits per heavy atom. The molecule has 0 saturated carbocycles. The lowest BCUT2D eigenvalue weighted by Gasteiger charge is -2.36. The molecular weight excluding hydrogens is 483 g/mol. The quantitative estimate of drug-likeness (QED) is 0.458. The molecule has 1 unspecified atom stereocenters. The summed E-state index contributed by atoms with van der Waals surface area (Å²) in [7, 11) is 0.133. The van der Waals surface area contributed by atoms with Gasteiger partial charge in [0.05, 0.1) is 4.70 Å². The fourth-order valence-electron chi connectivity index (χ4n) is 4.01. The summed E-state index contributed by atoms with van der Waals surface area (Å²) in [6, 6.07) is 7.20. The van der Waals surface area contributed by atoms with Crippen LogP contribution in [0.25, 0.3) is 10.2 Å². The second-order valence-corrected chi connectivity index (χ2v) is 12.4. The standard InChI is InChI=1S/C22H27FN4O3S3/c1-25(2)12-7-13-26(22-24-20-16(23)8-5-10-18(20)32-22)21(28)17-9-3-4-14-27(17)33(29,30)19-11-6-15-31-19/h5-6,8,10-11,15,17H,3-4,7,9,12-14H2,1-2H3. The van der Waals surface area contributed by atoms with Crippen LogP contribution in [0, 0.1) is 5.82 Å². The Balaban J connectivity index is 1.68. The molecule has 4 rings (SSSR count). The molecule has 0 bridgehead atoms. The van der Waals surface area contributed by atoms with Crippen LogP contribution in [0.1, 0.15) is 25.7 Å². The first kappa shape index (κ1) is 24.2. The van der Waals surface area contributed by atoms with Crippen molar-refractivity contribution in [3.05, 3.63) is 41.5 Å². The van der Waals surface area contributed by atoms with Crippen molar-refractivity contribution in [3.8, 4) is 0 Å². The maximum Gasteiger partial charge on any atom is 0.253 e. The number of hydrogen-bond donors (Lipinski definition) is 0. The van der Waals surface area contributed by atoms with Crippen molar-refractivity contribution in [2.75, 3.05) is 38.6 Å². The minimum Gasteiger partial charge on any atom is -0.309 e. The second-order valence-electron chi connectivity index (χ2n) is 8.29. The van der Waals surface area contributed by atoms with Crippen LogP contribution in [0.5, 0.6) is 0 Å². The third-order valence-corrected chi connectivity index (χ3v) is 9.96. The number of aromatic nitrogens is 1.